The second kappa shape index (κ2) is 4.08. The molecule has 0 spiro atoms. The molecule has 1 aliphatic carbocycles. The fraction of sp³-hybridized carbons (Fsp3) is 0.667. The predicted octanol–water partition coefficient (Wildman–Crippen LogP) is 2.93. The Morgan fingerprint density at radius 2 is 2.25 bits per heavy atom. The van der Waals surface area contributed by atoms with E-state index in [1.54, 1.807) is 0 Å². The Balaban J connectivity index is 2.65. The Kier molecular flexibility index (Phi) is 3.32. The Hall–Kier alpha value is -0.310. The van der Waals surface area contributed by atoms with Crippen LogP contribution < -0.4 is 0 Å². The van der Waals surface area contributed by atoms with E-state index >= 15 is 0 Å². The number of carbonyl (C=O) groups is 1. The number of hydrogen-bond acceptors (Lipinski definition) is 2. The lowest BCUT2D eigenvalue weighted by Crippen LogP contribution is -2.16. The molecule has 1 aliphatic rings. The van der Waals surface area contributed by atoms with Crippen LogP contribution in [0.15, 0.2) is 10.2 Å². The van der Waals surface area contributed by atoms with Crippen molar-refractivity contribution in [1.29, 1.82) is 0 Å². The highest BCUT2D eigenvalue weighted by molar-refractivity contribution is 9.12. The van der Waals surface area contributed by atoms with Crippen molar-refractivity contribution < 1.29 is 9.90 Å². The molecule has 0 aromatic rings. The number of ketones is 1. The van der Waals surface area contributed by atoms with Crippen molar-refractivity contribution in [1.82, 2.24) is 0 Å². The van der Waals surface area contributed by atoms with Crippen LogP contribution >= 0.6 is 15.9 Å². The zero-order valence-corrected chi connectivity index (χ0v) is 8.73. The summed E-state index contributed by atoms with van der Waals surface area (Å²) in [7, 11) is 0. The monoisotopic (exact) mass is 232 g/mol. The highest BCUT2D eigenvalue weighted by Gasteiger charge is 2.25. The zero-order valence-electron chi connectivity index (χ0n) is 7.14. The van der Waals surface area contributed by atoms with Crippen LogP contribution in [0, 0.1) is 5.92 Å². The van der Waals surface area contributed by atoms with Gasteiger partial charge in [0.25, 0.3) is 0 Å². The van der Waals surface area contributed by atoms with Gasteiger partial charge in [0.15, 0.2) is 5.78 Å². The third-order valence-electron chi connectivity index (χ3n) is 2.15. The van der Waals surface area contributed by atoms with E-state index in [4.69, 9.17) is 0 Å². The second-order valence-corrected chi connectivity index (χ2v) is 4.04. The van der Waals surface area contributed by atoms with Crippen molar-refractivity contribution in [3.63, 3.8) is 0 Å². The van der Waals surface area contributed by atoms with Crippen LogP contribution in [-0.4, -0.2) is 10.9 Å². The highest BCUT2D eigenvalue weighted by atomic mass is 79.9. The largest absolute Gasteiger partial charge is 0.511 e. The van der Waals surface area contributed by atoms with E-state index in [1.807, 2.05) is 0 Å². The molecule has 0 aromatic carbocycles. The summed E-state index contributed by atoms with van der Waals surface area (Å²) in [6.07, 6.45) is 3.33. The van der Waals surface area contributed by atoms with Gasteiger partial charge < -0.3 is 5.11 Å². The molecule has 68 valence electrons. The van der Waals surface area contributed by atoms with Gasteiger partial charge >= 0.3 is 0 Å². The average Bonchev–Trinajstić information content (AvgIpc) is 2.01. The maximum Gasteiger partial charge on any atom is 0.173 e. The van der Waals surface area contributed by atoms with Crippen LogP contribution in [0.2, 0.25) is 0 Å². The molecule has 0 saturated heterocycles. The number of Topliss-reactive ketones (excluding diaryl/α,β-unsaturated/α-hetero) is 1. The first kappa shape index (κ1) is 9.78. The quantitative estimate of drug-likeness (QED) is 0.796. The molecule has 0 fully saturated rings. The average molecular weight is 233 g/mol. The van der Waals surface area contributed by atoms with Crippen molar-refractivity contribution >= 4 is 21.7 Å². The third-order valence-corrected chi connectivity index (χ3v) is 3.05. The third kappa shape index (κ3) is 2.09. The van der Waals surface area contributed by atoms with E-state index in [1.165, 1.54) is 0 Å². The smallest absolute Gasteiger partial charge is 0.173 e. The Labute approximate surface area is 80.8 Å². The van der Waals surface area contributed by atoms with E-state index in [0.29, 0.717) is 23.2 Å². The Bertz CT molecular complexity index is 221. The van der Waals surface area contributed by atoms with Crippen LogP contribution in [0.4, 0.5) is 0 Å². The number of aliphatic hydroxyl groups is 1. The van der Waals surface area contributed by atoms with Crippen LogP contribution in [0.25, 0.3) is 0 Å². The maximum atomic E-state index is 11.2. The molecule has 0 amide bonds. The van der Waals surface area contributed by atoms with E-state index in [9.17, 15) is 9.90 Å². The van der Waals surface area contributed by atoms with E-state index < -0.39 is 0 Å². The molecule has 1 atom stereocenters. The van der Waals surface area contributed by atoms with Crippen LogP contribution in [0.3, 0.4) is 0 Å². The molecule has 0 heterocycles. The number of halogens is 1. The molecule has 0 radical (unpaired) electrons. The van der Waals surface area contributed by atoms with E-state index in [0.717, 1.165) is 12.8 Å². The minimum atomic E-state index is 0.0391. The van der Waals surface area contributed by atoms with Crippen molar-refractivity contribution in [2.75, 3.05) is 0 Å². The number of carbonyl (C=O) groups excluding carboxylic acids is 1. The summed E-state index contributed by atoms with van der Waals surface area (Å²) < 4.78 is 0.384. The normalized spacial score (nSPS) is 24.8. The fourth-order valence-corrected chi connectivity index (χ4v) is 1.88. The van der Waals surface area contributed by atoms with Gasteiger partial charge in [0.1, 0.15) is 5.76 Å². The number of aliphatic hydroxyl groups excluding tert-OH is 1. The summed E-state index contributed by atoms with van der Waals surface area (Å²) in [5.41, 5.74) is 0. The molecular weight excluding hydrogens is 220 g/mol. The van der Waals surface area contributed by atoms with Crippen LogP contribution in [-0.2, 0) is 4.79 Å². The Morgan fingerprint density at radius 3 is 2.75 bits per heavy atom. The van der Waals surface area contributed by atoms with Crippen molar-refractivity contribution in [2.24, 2.45) is 5.92 Å². The van der Waals surface area contributed by atoms with E-state index in [2.05, 4.69) is 22.9 Å². The van der Waals surface area contributed by atoms with Gasteiger partial charge in [-0.3, -0.25) is 4.79 Å². The molecule has 1 rings (SSSR count). The van der Waals surface area contributed by atoms with Gasteiger partial charge in [-0.25, -0.2) is 0 Å². The van der Waals surface area contributed by atoms with Gasteiger partial charge in [0, 0.05) is 12.8 Å². The lowest BCUT2D eigenvalue weighted by Gasteiger charge is -2.20. The molecule has 0 aliphatic heterocycles. The predicted molar refractivity (Wildman–Crippen MR) is 51.2 cm³/mol. The van der Waals surface area contributed by atoms with Crippen LogP contribution in [0.1, 0.15) is 32.6 Å². The lowest BCUT2D eigenvalue weighted by molar-refractivity contribution is -0.116. The minimum absolute atomic E-state index is 0.0391. The molecule has 3 heteroatoms. The number of allylic oxidation sites excluding steroid dienone is 2. The fourth-order valence-electron chi connectivity index (χ4n) is 1.56. The number of rotatable bonds is 2. The van der Waals surface area contributed by atoms with Gasteiger partial charge in [-0.15, -0.1) is 0 Å². The summed E-state index contributed by atoms with van der Waals surface area (Å²) in [4.78, 5) is 11.2. The van der Waals surface area contributed by atoms with Crippen LogP contribution in [0.5, 0.6) is 0 Å². The molecule has 0 bridgehead atoms. The summed E-state index contributed by atoms with van der Waals surface area (Å²) in [6, 6.07) is 0. The zero-order chi connectivity index (χ0) is 9.14. The number of hydrogen-bond donors (Lipinski definition) is 1. The standard InChI is InChI=1S/C9H13BrO2/c1-2-3-6-4-7(11)9(10)8(12)5-6/h6,11H,2-5H2,1H3. The first-order chi connectivity index (χ1) is 5.65. The summed E-state index contributed by atoms with van der Waals surface area (Å²) in [6.45, 7) is 2.09. The van der Waals surface area contributed by atoms with Crippen molar-refractivity contribution in [3.05, 3.63) is 10.2 Å². The topological polar surface area (TPSA) is 37.3 Å². The lowest BCUT2D eigenvalue weighted by atomic mass is 9.89. The van der Waals surface area contributed by atoms with E-state index in [-0.39, 0.29) is 11.5 Å². The molecule has 12 heavy (non-hydrogen) atoms. The summed E-state index contributed by atoms with van der Waals surface area (Å²) in [5.74, 6) is 0.616. The van der Waals surface area contributed by atoms with Crippen molar-refractivity contribution in [2.45, 2.75) is 32.6 Å². The molecule has 1 unspecified atom stereocenters. The molecule has 0 aromatic heterocycles. The van der Waals surface area contributed by atoms with Gasteiger partial charge in [-0.2, -0.15) is 0 Å². The highest BCUT2D eigenvalue weighted by Crippen LogP contribution is 2.31. The molecule has 2 nitrogen and oxygen atoms in total. The van der Waals surface area contributed by atoms with Gasteiger partial charge in [-0.1, -0.05) is 13.3 Å². The van der Waals surface area contributed by atoms with Gasteiger partial charge in [0.05, 0.1) is 4.48 Å². The maximum absolute atomic E-state index is 11.2. The summed E-state index contributed by atoms with van der Waals surface area (Å²) in [5, 5.41) is 9.36. The van der Waals surface area contributed by atoms with Gasteiger partial charge in [-0.05, 0) is 28.3 Å². The SMILES string of the molecule is CCCC1CC(=O)C(Br)=C(O)C1. The first-order valence-electron chi connectivity index (χ1n) is 4.26. The molecular formula is C9H13BrO2. The molecule has 0 saturated carbocycles. The second-order valence-electron chi connectivity index (χ2n) is 3.25. The Morgan fingerprint density at radius 1 is 1.58 bits per heavy atom. The molecule has 1 N–H and O–H groups in total. The minimum Gasteiger partial charge on any atom is -0.511 e. The first-order valence-corrected chi connectivity index (χ1v) is 5.05. The van der Waals surface area contributed by atoms with Crippen molar-refractivity contribution in [3.8, 4) is 0 Å². The summed E-state index contributed by atoms with van der Waals surface area (Å²) >= 11 is 3.08. The van der Waals surface area contributed by atoms with Gasteiger partial charge in [0.2, 0.25) is 0 Å².